The first kappa shape index (κ1) is 13.6. The Morgan fingerprint density at radius 2 is 1.62 bits per heavy atom. The zero-order valence-corrected chi connectivity index (χ0v) is 13.5. The monoisotopic (exact) mass is 331 g/mol. The van der Waals surface area contributed by atoms with E-state index in [1.54, 1.807) is 0 Å². The topological polar surface area (TPSA) is 29.9 Å². The first-order chi connectivity index (χ1) is 11.8. The Labute approximate surface area is 144 Å². The standard InChI is InChI=1S/C20H14ClN3/c21-15-9-3-1-7-13(15)19-22-16-10-4-2-8-14(16)20-23-17-11-5-6-12-18(17)24(19)20/h1-12,19,22H. The number of rotatable bonds is 1. The van der Waals surface area contributed by atoms with Gasteiger partial charge in [-0.15, -0.1) is 0 Å². The van der Waals surface area contributed by atoms with Gasteiger partial charge in [0, 0.05) is 21.8 Å². The highest BCUT2D eigenvalue weighted by atomic mass is 35.5. The van der Waals surface area contributed by atoms with Crippen molar-refractivity contribution in [2.45, 2.75) is 6.17 Å². The molecular weight excluding hydrogens is 318 g/mol. The fourth-order valence-electron chi connectivity index (χ4n) is 3.43. The van der Waals surface area contributed by atoms with Crippen LogP contribution >= 0.6 is 11.6 Å². The van der Waals surface area contributed by atoms with Gasteiger partial charge in [-0.3, -0.25) is 4.57 Å². The number of nitrogens with one attached hydrogen (secondary N) is 1. The molecule has 0 bridgehead atoms. The van der Waals surface area contributed by atoms with Crippen LogP contribution in [0.2, 0.25) is 5.02 Å². The highest BCUT2D eigenvalue weighted by Crippen LogP contribution is 2.41. The number of nitrogens with zero attached hydrogens (tertiary/aromatic N) is 2. The molecule has 0 saturated carbocycles. The second-order valence-corrected chi connectivity index (χ2v) is 6.32. The van der Waals surface area contributed by atoms with Crippen molar-refractivity contribution in [3.8, 4) is 11.4 Å². The summed E-state index contributed by atoms with van der Waals surface area (Å²) in [5, 5.41) is 4.38. The Morgan fingerprint density at radius 3 is 2.54 bits per heavy atom. The van der Waals surface area contributed by atoms with Crippen LogP contribution in [0.3, 0.4) is 0 Å². The smallest absolute Gasteiger partial charge is 0.145 e. The van der Waals surface area contributed by atoms with Gasteiger partial charge in [-0.2, -0.15) is 0 Å². The van der Waals surface area contributed by atoms with Crippen molar-refractivity contribution in [3.05, 3.63) is 83.4 Å². The maximum absolute atomic E-state index is 6.50. The van der Waals surface area contributed by atoms with Gasteiger partial charge >= 0.3 is 0 Å². The lowest BCUT2D eigenvalue weighted by Crippen LogP contribution is -2.25. The molecule has 2 heterocycles. The number of imidazole rings is 1. The van der Waals surface area contributed by atoms with Crippen LogP contribution in [0, 0.1) is 0 Å². The minimum absolute atomic E-state index is 0.0870. The molecule has 4 heteroatoms. The van der Waals surface area contributed by atoms with Crippen molar-refractivity contribution < 1.29 is 0 Å². The summed E-state index contributed by atoms with van der Waals surface area (Å²) in [7, 11) is 0. The van der Waals surface area contributed by atoms with Crippen LogP contribution in [-0.4, -0.2) is 9.55 Å². The van der Waals surface area contributed by atoms with Gasteiger partial charge in [-0.25, -0.2) is 4.98 Å². The molecule has 3 nitrogen and oxygen atoms in total. The summed E-state index contributed by atoms with van der Waals surface area (Å²) in [6.07, 6.45) is -0.0870. The van der Waals surface area contributed by atoms with Crippen LogP contribution in [0.25, 0.3) is 22.4 Å². The number of hydrogen-bond donors (Lipinski definition) is 1. The molecule has 1 aromatic heterocycles. The molecule has 0 aliphatic carbocycles. The summed E-state index contributed by atoms with van der Waals surface area (Å²) in [6, 6.07) is 24.4. The van der Waals surface area contributed by atoms with Crippen molar-refractivity contribution in [2.24, 2.45) is 0 Å². The second kappa shape index (κ2) is 5.11. The SMILES string of the molecule is Clc1ccccc1C1Nc2ccccc2-c2nc3ccccc3n21. The summed E-state index contributed by atoms with van der Waals surface area (Å²) in [6.45, 7) is 0. The quantitative estimate of drug-likeness (QED) is 0.511. The second-order valence-electron chi connectivity index (χ2n) is 5.91. The Morgan fingerprint density at radius 1 is 0.875 bits per heavy atom. The number of benzene rings is 3. The minimum atomic E-state index is -0.0870. The van der Waals surface area contributed by atoms with E-state index in [4.69, 9.17) is 16.6 Å². The lowest BCUT2D eigenvalue weighted by molar-refractivity contribution is 0.669. The van der Waals surface area contributed by atoms with E-state index in [1.165, 1.54) is 0 Å². The molecule has 3 aromatic carbocycles. The molecule has 0 fully saturated rings. The van der Waals surface area contributed by atoms with Gasteiger partial charge in [-0.1, -0.05) is 54.1 Å². The molecule has 1 aliphatic rings. The van der Waals surface area contributed by atoms with E-state index >= 15 is 0 Å². The summed E-state index contributed by atoms with van der Waals surface area (Å²) in [5.74, 6) is 0.968. The van der Waals surface area contributed by atoms with Crippen LogP contribution in [0.15, 0.2) is 72.8 Å². The van der Waals surface area contributed by atoms with Crippen LogP contribution in [0.1, 0.15) is 11.7 Å². The third-order valence-electron chi connectivity index (χ3n) is 4.51. The van der Waals surface area contributed by atoms with E-state index < -0.39 is 0 Å². The number of hydrogen-bond acceptors (Lipinski definition) is 2. The molecule has 4 aromatic rings. The normalized spacial score (nSPS) is 15.6. The molecule has 0 radical (unpaired) electrons. The molecule has 0 saturated heterocycles. The molecule has 1 atom stereocenters. The molecule has 1 unspecified atom stereocenters. The van der Waals surface area contributed by atoms with Crippen molar-refractivity contribution in [3.63, 3.8) is 0 Å². The zero-order chi connectivity index (χ0) is 16.1. The first-order valence-corrected chi connectivity index (χ1v) is 8.28. The van der Waals surface area contributed by atoms with Crippen LogP contribution in [0.5, 0.6) is 0 Å². The lowest BCUT2D eigenvalue weighted by Gasteiger charge is -2.30. The summed E-state index contributed by atoms with van der Waals surface area (Å²) < 4.78 is 2.24. The van der Waals surface area contributed by atoms with Gasteiger partial charge in [0.25, 0.3) is 0 Å². The largest absolute Gasteiger partial charge is 0.360 e. The van der Waals surface area contributed by atoms with Crippen LogP contribution < -0.4 is 5.32 Å². The first-order valence-electron chi connectivity index (χ1n) is 7.90. The van der Waals surface area contributed by atoms with Gasteiger partial charge in [0.1, 0.15) is 12.0 Å². The summed E-state index contributed by atoms with van der Waals surface area (Å²) in [4.78, 5) is 4.88. The minimum Gasteiger partial charge on any atom is -0.360 e. The third kappa shape index (κ3) is 1.88. The van der Waals surface area contributed by atoms with Gasteiger partial charge in [0.15, 0.2) is 0 Å². The number of aromatic nitrogens is 2. The zero-order valence-electron chi connectivity index (χ0n) is 12.8. The third-order valence-corrected chi connectivity index (χ3v) is 4.86. The number of para-hydroxylation sites is 3. The summed E-state index contributed by atoms with van der Waals surface area (Å²) >= 11 is 6.50. The van der Waals surface area contributed by atoms with E-state index in [0.717, 1.165) is 38.7 Å². The molecule has 0 spiro atoms. The van der Waals surface area contributed by atoms with E-state index in [2.05, 4.69) is 34.1 Å². The molecule has 0 amide bonds. The number of halogens is 1. The van der Waals surface area contributed by atoms with E-state index in [1.807, 2.05) is 48.5 Å². The van der Waals surface area contributed by atoms with E-state index in [9.17, 15) is 0 Å². The van der Waals surface area contributed by atoms with Crippen LogP contribution in [0.4, 0.5) is 5.69 Å². The van der Waals surface area contributed by atoms with Gasteiger partial charge in [-0.05, 0) is 30.3 Å². The average Bonchev–Trinajstić information content (AvgIpc) is 3.01. The molecule has 5 rings (SSSR count). The van der Waals surface area contributed by atoms with E-state index in [-0.39, 0.29) is 6.17 Å². The number of fused-ring (bicyclic) bond motifs is 5. The molecule has 24 heavy (non-hydrogen) atoms. The Kier molecular flexibility index (Phi) is 2.91. The lowest BCUT2D eigenvalue weighted by atomic mass is 10.1. The van der Waals surface area contributed by atoms with Crippen molar-refractivity contribution >= 4 is 28.3 Å². The molecule has 116 valence electrons. The maximum atomic E-state index is 6.50. The van der Waals surface area contributed by atoms with E-state index in [0.29, 0.717) is 0 Å². The van der Waals surface area contributed by atoms with Crippen LogP contribution in [-0.2, 0) is 0 Å². The predicted octanol–water partition coefficient (Wildman–Crippen LogP) is 5.33. The molecule has 1 aliphatic heterocycles. The van der Waals surface area contributed by atoms with Crippen molar-refractivity contribution in [1.29, 1.82) is 0 Å². The Bertz CT molecular complexity index is 1070. The fraction of sp³-hybridized carbons (Fsp3) is 0.0500. The van der Waals surface area contributed by atoms with Crippen molar-refractivity contribution in [2.75, 3.05) is 5.32 Å². The number of anilines is 1. The van der Waals surface area contributed by atoms with Gasteiger partial charge in [0.2, 0.25) is 0 Å². The average molecular weight is 332 g/mol. The maximum Gasteiger partial charge on any atom is 0.145 e. The van der Waals surface area contributed by atoms with Crippen molar-refractivity contribution in [1.82, 2.24) is 9.55 Å². The molecule has 1 N–H and O–H groups in total. The molecular formula is C20H14ClN3. The Balaban J connectivity index is 1.86. The predicted molar refractivity (Wildman–Crippen MR) is 98.4 cm³/mol. The van der Waals surface area contributed by atoms with Gasteiger partial charge in [0.05, 0.1) is 11.0 Å². The fourth-order valence-corrected chi connectivity index (χ4v) is 3.66. The highest BCUT2D eigenvalue weighted by molar-refractivity contribution is 6.31. The Hall–Kier alpha value is -2.78. The van der Waals surface area contributed by atoms with Gasteiger partial charge < -0.3 is 5.32 Å². The highest BCUT2D eigenvalue weighted by Gasteiger charge is 2.28. The summed E-state index contributed by atoms with van der Waals surface area (Å²) in [5.41, 5.74) is 5.31.